The van der Waals surface area contributed by atoms with E-state index in [0.717, 1.165) is 12.8 Å². The van der Waals surface area contributed by atoms with Crippen molar-refractivity contribution in [2.75, 3.05) is 10.6 Å². The van der Waals surface area contributed by atoms with Crippen LogP contribution in [0.2, 0.25) is 5.02 Å². The fraction of sp³-hybridized carbons (Fsp3) is 0.231. The quantitative estimate of drug-likeness (QED) is 0.769. The summed E-state index contributed by atoms with van der Waals surface area (Å²) in [6, 6.07) is 6.53. The first kappa shape index (κ1) is 15.0. The van der Waals surface area contributed by atoms with Gasteiger partial charge in [-0.15, -0.1) is 0 Å². The summed E-state index contributed by atoms with van der Waals surface area (Å²) in [5.41, 5.74) is 0.520. The van der Waals surface area contributed by atoms with Gasteiger partial charge in [-0.1, -0.05) is 17.7 Å². The van der Waals surface area contributed by atoms with Crippen molar-refractivity contribution >= 4 is 39.1 Å². The fourth-order valence-electron chi connectivity index (χ4n) is 1.83. The number of hydrogen-bond acceptors (Lipinski definition) is 6. The highest BCUT2D eigenvalue weighted by atomic mass is 35.5. The molecule has 1 aliphatic rings. The Kier molecular flexibility index (Phi) is 3.90. The van der Waals surface area contributed by atoms with Crippen molar-refractivity contribution in [2.24, 2.45) is 5.14 Å². The van der Waals surface area contributed by atoms with E-state index in [1.54, 1.807) is 12.1 Å². The van der Waals surface area contributed by atoms with E-state index in [1.807, 2.05) is 0 Å². The Balaban J connectivity index is 1.83. The third kappa shape index (κ3) is 3.65. The third-order valence-corrected chi connectivity index (χ3v) is 4.27. The van der Waals surface area contributed by atoms with Gasteiger partial charge in [0, 0.05) is 11.7 Å². The molecule has 0 radical (unpaired) electrons. The van der Waals surface area contributed by atoms with Crippen LogP contribution in [-0.4, -0.2) is 24.4 Å². The normalized spacial score (nSPS) is 14.6. The molecule has 0 saturated heterocycles. The van der Waals surface area contributed by atoms with E-state index in [4.69, 9.17) is 16.7 Å². The van der Waals surface area contributed by atoms with Gasteiger partial charge in [0.2, 0.25) is 16.0 Å². The average molecular weight is 340 g/mol. The maximum Gasteiger partial charge on any atom is 0.238 e. The van der Waals surface area contributed by atoms with Crippen LogP contribution < -0.4 is 15.8 Å². The molecule has 116 valence electrons. The number of hydrogen-bond donors (Lipinski definition) is 3. The number of sulfonamides is 1. The number of primary sulfonamides is 1. The van der Waals surface area contributed by atoms with E-state index in [1.165, 1.54) is 18.3 Å². The molecule has 9 heteroatoms. The molecular formula is C13H14ClN5O2S. The molecule has 2 aromatic rings. The van der Waals surface area contributed by atoms with Crippen LogP contribution in [0.5, 0.6) is 0 Å². The van der Waals surface area contributed by atoms with Gasteiger partial charge in [-0.25, -0.2) is 18.5 Å². The first-order valence-electron chi connectivity index (χ1n) is 6.61. The molecule has 0 unspecified atom stereocenters. The van der Waals surface area contributed by atoms with Crippen molar-refractivity contribution in [1.29, 1.82) is 0 Å². The number of aromatic nitrogens is 2. The van der Waals surface area contributed by atoms with Gasteiger partial charge in [0.05, 0.1) is 11.1 Å². The Hall–Kier alpha value is -1.90. The standard InChI is InChI=1S/C13H14ClN5O2S/c14-11-7-16-13(19-12(11)17-8-4-5-8)18-9-2-1-3-10(6-9)22(15,20)21/h1-3,6-8H,4-5H2,(H2,15,20,21)(H2,16,17,18,19). The predicted octanol–water partition coefficient (Wildman–Crippen LogP) is 2.10. The number of benzene rings is 1. The van der Waals surface area contributed by atoms with Gasteiger partial charge in [-0.05, 0) is 31.0 Å². The van der Waals surface area contributed by atoms with Crippen LogP contribution in [0.3, 0.4) is 0 Å². The van der Waals surface area contributed by atoms with Gasteiger partial charge >= 0.3 is 0 Å². The summed E-state index contributed by atoms with van der Waals surface area (Å²) in [5, 5.41) is 11.7. The van der Waals surface area contributed by atoms with Crippen LogP contribution in [0.15, 0.2) is 35.4 Å². The number of rotatable bonds is 5. The molecule has 7 nitrogen and oxygen atoms in total. The van der Waals surface area contributed by atoms with Crippen LogP contribution in [0.4, 0.5) is 17.5 Å². The summed E-state index contributed by atoms with van der Waals surface area (Å²) in [5.74, 6) is 0.878. The SMILES string of the molecule is NS(=O)(=O)c1cccc(Nc2ncc(Cl)c(NC3CC3)n2)c1. The molecule has 4 N–H and O–H groups in total. The van der Waals surface area contributed by atoms with E-state index in [2.05, 4.69) is 20.6 Å². The second kappa shape index (κ2) is 5.71. The van der Waals surface area contributed by atoms with Crippen molar-refractivity contribution in [2.45, 2.75) is 23.8 Å². The van der Waals surface area contributed by atoms with Gasteiger partial charge in [-0.2, -0.15) is 4.98 Å². The van der Waals surface area contributed by atoms with E-state index in [9.17, 15) is 8.42 Å². The van der Waals surface area contributed by atoms with E-state index in [-0.39, 0.29) is 4.90 Å². The smallest absolute Gasteiger partial charge is 0.238 e. The first-order valence-corrected chi connectivity index (χ1v) is 8.53. The molecule has 1 saturated carbocycles. The average Bonchev–Trinajstić information content (AvgIpc) is 3.26. The Bertz CT molecular complexity index is 808. The predicted molar refractivity (Wildman–Crippen MR) is 84.8 cm³/mol. The maximum atomic E-state index is 11.4. The molecule has 1 aliphatic carbocycles. The van der Waals surface area contributed by atoms with Crippen LogP contribution >= 0.6 is 11.6 Å². The highest BCUT2D eigenvalue weighted by molar-refractivity contribution is 7.89. The zero-order chi connectivity index (χ0) is 15.7. The summed E-state index contributed by atoms with van der Waals surface area (Å²) in [4.78, 5) is 8.39. The van der Waals surface area contributed by atoms with Gasteiger partial charge < -0.3 is 10.6 Å². The lowest BCUT2D eigenvalue weighted by atomic mass is 10.3. The van der Waals surface area contributed by atoms with Crippen LogP contribution in [0, 0.1) is 0 Å². The Morgan fingerprint density at radius 1 is 1.32 bits per heavy atom. The number of nitrogens with zero attached hydrogens (tertiary/aromatic N) is 2. The topological polar surface area (TPSA) is 110 Å². The van der Waals surface area contributed by atoms with E-state index in [0.29, 0.717) is 28.5 Å². The van der Waals surface area contributed by atoms with Gasteiger partial charge in [0.1, 0.15) is 5.02 Å². The zero-order valence-electron chi connectivity index (χ0n) is 11.5. The molecule has 0 bridgehead atoms. The Morgan fingerprint density at radius 3 is 2.77 bits per heavy atom. The molecule has 1 aromatic carbocycles. The van der Waals surface area contributed by atoms with Crippen molar-refractivity contribution < 1.29 is 8.42 Å². The lowest BCUT2D eigenvalue weighted by molar-refractivity contribution is 0.598. The van der Waals surface area contributed by atoms with Crippen molar-refractivity contribution in [3.8, 4) is 0 Å². The largest absolute Gasteiger partial charge is 0.366 e. The second-order valence-corrected chi connectivity index (χ2v) is 6.98. The summed E-state index contributed by atoms with van der Waals surface area (Å²) >= 11 is 6.05. The zero-order valence-corrected chi connectivity index (χ0v) is 13.0. The Morgan fingerprint density at radius 2 is 2.09 bits per heavy atom. The van der Waals surface area contributed by atoms with Gasteiger partial charge in [0.15, 0.2) is 5.82 Å². The summed E-state index contributed by atoms with van der Waals surface area (Å²) < 4.78 is 22.7. The molecule has 0 atom stereocenters. The molecule has 1 aromatic heterocycles. The van der Waals surface area contributed by atoms with E-state index < -0.39 is 10.0 Å². The van der Waals surface area contributed by atoms with Crippen molar-refractivity contribution in [1.82, 2.24) is 9.97 Å². The Labute approximate surface area is 133 Å². The number of nitrogens with two attached hydrogens (primary N) is 1. The molecular weight excluding hydrogens is 326 g/mol. The minimum atomic E-state index is -3.75. The highest BCUT2D eigenvalue weighted by Crippen LogP contribution is 2.28. The molecule has 22 heavy (non-hydrogen) atoms. The molecule has 3 rings (SSSR count). The summed E-state index contributed by atoms with van der Waals surface area (Å²) in [7, 11) is -3.75. The molecule has 0 amide bonds. The third-order valence-electron chi connectivity index (χ3n) is 3.08. The minimum absolute atomic E-state index is 0.0165. The molecule has 1 fully saturated rings. The summed E-state index contributed by atoms with van der Waals surface area (Å²) in [6.07, 6.45) is 3.68. The number of halogens is 1. The molecule has 0 spiro atoms. The number of anilines is 3. The monoisotopic (exact) mass is 339 g/mol. The van der Waals surface area contributed by atoms with Gasteiger partial charge in [-0.3, -0.25) is 0 Å². The first-order chi connectivity index (χ1) is 10.4. The molecule has 1 heterocycles. The lowest BCUT2D eigenvalue weighted by Gasteiger charge is -2.10. The summed E-state index contributed by atoms with van der Waals surface area (Å²) in [6.45, 7) is 0. The van der Waals surface area contributed by atoms with Gasteiger partial charge in [0.25, 0.3) is 0 Å². The van der Waals surface area contributed by atoms with Crippen LogP contribution in [0.25, 0.3) is 0 Å². The van der Waals surface area contributed by atoms with Crippen molar-refractivity contribution in [3.63, 3.8) is 0 Å². The second-order valence-electron chi connectivity index (χ2n) is 5.01. The number of nitrogens with one attached hydrogen (secondary N) is 2. The molecule has 0 aliphatic heterocycles. The van der Waals surface area contributed by atoms with Crippen LogP contribution in [-0.2, 0) is 10.0 Å². The van der Waals surface area contributed by atoms with Crippen LogP contribution in [0.1, 0.15) is 12.8 Å². The van der Waals surface area contributed by atoms with E-state index >= 15 is 0 Å². The fourth-order valence-corrected chi connectivity index (χ4v) is 2.53. The lowest BCUT2D eigenvalue weighted by Crippen LogP contribution is -2.12. The maximum absolute atomic E-state index is 11.4. The van der Waals surface area contributed by atoms with Crippen molar-refractivity contribution in [3.05, 3.63) is 35.5 Å². The highest BCUT2D eigenvalue weighted by Gasteiger charge is 2.22. The minimum Gasteiger partial charge on any atom is -0.366 e.